The number of rotatable bonds is 5. The minimum Gasteiger partial charge on any atom is -0.345 e. The number of aromatic nitrogens is 2. The Balaban J connectivity index is 2.58. The Labute approximate surface area is 103 Å². The predicted octanol–water partition coefficient (Wildman–Crippen LogP) is -0.701. The van der Waals surface area contributed by atoms with Gasteiger partial charge in [0.25, 0.3) is 11.1 Å². The van der Waals surface area contributed by atoms with Gasteiger partial charge >= 0.3 is 0 Å². The summed E-state index contributed by atoms with van der Waals surface area (Å²) in [5.41, 5.74) is -0.748. The molecule has 0 saturated carbocycles. The molecule has 0 radical (unpaired) electrons. The van der Waals surface area contributed by atoms with E-state index in [1.165, 1.54) is 4.90 Å². The first-order valence-electron chi connectivity index (χ1n) is 5.45. The summed E-state index contributed by atoms with van der Waals surface area (Å²) in [6.45, 7) is 0.472. The van der Waals surface area contributed by atoms with E-state index in [9.17, 15) is 14.4 Å². The van der Waals surface area contributed by atoms with Crippen molar-refractivity contribution in [1.29, 1.82) is 5.26 Å². The molecule has 1 rings (SSSR count). The van der Waals surface area contributed by atoms with Crippen molar-refractivity contribution < 1.29 is 4.79 Å². The third-order valence-electron chi connectivity index (χ3n) is 2.42. The van der Waals surface area contributed by atoms with Crippen LogP contribution in [0.15, 0.2) is 21.7 Å². The fraction of sp³-hybridized carbons (Fsp3) is 0.455. The highest BCUT2D eigenvalue weighted by atomic mass is 16.2. The highest BCUT2D eigenvalue weighted by Crippen LogP contribution is 1.94. The lowest BCUT2D eigenvalue weighted by atomic mass is 10.3. The number of aromatic amines is 1. The maximum atomic E-state index is 11.6. The summed E-state index contributed by atoms with van der Waals surface area (Å²) in [5, 5.41) is 10.7. The smallest absolute Gasteiger partial charge is 0.265 e. The van der Waals surface area contributed by atoms with Gasteiger partial charge < -0.3 is 4.90 Å². The van der Waals surface area contributed by atoms with Gasteiger partial charge in [-0.3, -0.25) is 19.5 Å². The molecule has 1 amide bonds. The number of H-pyrrole nitrogens is 1. The van der Waals surface area contributed by atoms with Crippen LogP contribution in [0.4, 0.5) is 0 Å². The lowest BCUT2D eigenvalue weighted by Gasteiger charge is -2.15. The summed E-state index contributed by atoms with van der Waals surface area (Å²) >= 11 is 0. The maximum Gasteiger partial charge on any atom is 0.265 e. The maximum absolute atomic E-state index is 11.6. The predicted molar refractivity (Wildman–Crippen MR) is 63.8 cm³/mol. The Hall–Kier alpha value is -2.36. The van der Waals surface area contributed by atoms with Crippen molar-refractivity contribution in [3.05, 3.63) is 32.8 Å². The molecule has 7 heteroatoms. The van der Waals surface area contributed by atoms with E-state index in [2.05, 4.69) is 5.10 Å². The molecule has 1 heterocycles. The Morgan fingerprint density at radius 1 is 1.50 bits per heavy atom. The van der Waals surface area contributed by atoms with Gasteiger partial charge in [-0.25, -0.2) is 4.68 Å². The van der Waals surface area contributed by atoms with Crippen molar-refractivity contribution in [3.63, 3.8) is 0 Å². The molecule has 0 aliphatic carbocycles. The number of nitrogens with zero attached hydrogens (tertiary/aromatic N) is 3. The molecule has 0 aromatic carbocycles. The second kappa shape index (κ2) is 6.39. The zero-order valence-corrected chi connectivity index (χ0v) is 10.0. The minimum absolute atomic E-state index is 0.0990. The van der Waals surface area contributed by atoms with Crippen molar-refractivity contribution in [2.24, 2.45) is 0 Å². The number of hydrogen-bond acceptors (Lipinski definition) is 4. The van der Waals surface area contributed by atoms with E-state index in [-0.39, 0.29) is 36.4 Å². The monoisotopic (exact) mass is 250 g/mol. The molecule has 0 atom stereocenters. The van der Waals surface area contributed by atoms with Crippen LogP contribution in [-0.2, 0) is 11.3 Å². The van der Waals surface area contributed by atoms with Crippen LogP contribution in [-0.4, -0.2) is 34.2 Å². The lowest BCUT2D eigenvalue weighted by molar-refractivity contribution is -0.130. The minimum atomic E-state index is -0.389. The van der Waals surface area contributed by atoms with Gasteiger partial charge in [0, 0.05) is 32.1 Å². The number of carbonyl (C=O) groups is 1. The van der Waals surface area contributed by atoms with Crippen molar-refractivity contribution in [2.45, 2.75) is 19.4 Å². The lowest BCUT2D eigenvalue weighted by Crippen LogP contribution is -2.32. The van der Waals surface area contributed by atoms with Gasteiger partial charge in [-0.2, -0.15) is 5.26 Å². The molecule has 0 fully saturated rings. The van der Waals surface area contributed by atoms with Crippen LogP contribution in [0.25, 0.3) is 0 Å². The molecule has 1 N–H and O–H groups in total. The summed E-state index contributed by atoms with van der Waals surface area (Å²) in [5.74, 6) is -0.179. The third-order valence-corrected chi connectivity index (χ3v) is 2.42. The first-order chi connectivity index (χ1) is 8.54. The molecule has 0 saturated heterocycles. The number of nitriles is 1. The third kappa shape index (κ3) is 3.90. The summed E-state index contributed by atoms with van der Waals surface area (Å²) in [4.78, 5) is 35.4. The van der Waals surface area contributed by atoms with Gasteiger partial charge in [0.2, 0.25) is 5.91 Å². The number of hydrogen-bond donors (Lipinski definition) is 1. The van der Waals surface area contributed by atoms with Crippen molar-refractivity contribution in [3.8, 4) is 6.07 Å². The zero-order valence-electron chi connectivity index (χ0n) is 10.0. The molecule has 18 heavy (non-hydrogen) atoms. The van der Waals surface area contributed by atoms with E-state index in [4.69, 9.17) is 5.26 Å². The van der Waals surface area contributed by atoms with Crippen LogP contribution in [0.3, 0.4) is 0 Å². The number of amides is 1. The normalized spacial score (nSPS) is 9.78. The van der Waals surface area contributed by atoms with Crippen LogP contribution in [0.2, 0.25) is 0 Å². The SMILES string of the molecule is CN(CCC#N)C(=O)CCn1[nH]c(=O)ccc1=O. The summed E-state index contributed by atoms with van der Waals surface area (Å²) < 4.78 is 1.10. The molecule has 0 aliphatic heterocycles. The Morgan fingerprint density at radius 3 is 2.89 bits per heavy atom. The summed E-state index contributed by atoms with van der Waals surface area (Å²) in [6.07, 6.45) is 0.367. The first kappa shape index (κ1) is 13.7. The standard InChI is InChI=1S/C11H14N4O3/c1-14(7-2-6-12)10(17)5-8-15-11(18)4-3-9(16)13-15/h3-4H,2,5,7-8H2,1H3,(H,13,16). The van der Waals surface area contributed by atoms with Crippen LogP contribution in [0.1, 0.15) is 12.8 Å². The Bertz CT molecular complexity index is 567. The van der Waals surface area contributed by atoms with Gasteiger partial charge in [0.15, 0.2) is 0 Å². The van der Waals surface area contributed by atoms with Gasteiger partial charge in [-0.1, -0.05) is 0 Å². The first-order valence-corrected chi connectivity index (χ1v) is 5.45. The topological polar surface area (TPSA) is 99.0 Å². The van der Waals surface area contributed by atoms with E-state index >= 15 is 0 Å². The largest absolute Gasteiger partial charge is 0.345 e. The van der Waals surface area contributed by atoms with Crippen molar-refractivity contribution in [2.75, 3.05) is 13.6 Å². The quantitative estimate of drug-likeness (QED) is 0.746. The Morgan fingerprint density at radius 2 is 2.22 bits per heavy atom. The molecule has 7 nitrogen and oxygen atoms in total. The van der Waals surface area contributed by atoms with Crippen molar-refractivity contribution in [1.82, 2.24) is 14.7 Å². The summed E-state index contributed by atoms with van der Waals surface area (Å²) in [6, 6.07) is 4.24. The number of nitrogens with one attached hydrogen (secondary N) is 1. The molecule has 1 aromatic heterocycles. The van der Waals surface area contributed by atoms with Crippen LogP contribution < -0.4 is 11.1 Å². The molecular formula is C11H14N4O3. The van der Waals surface area contributed by atoms with E-state index in [0.29, 0.717) is 6.54 Å². The van der Waals surface area contributed by atoms with E-state index in [1.807, 2.05) is 6.07 Å². The van der Waals surface area contributed by atoms with Crippen molar-refractivity contribution >= 4 is 5.91 Å². The number of carbonyl (C=O) groups excluding carboxylic acids is 1. The highest BCUT2D eigenvalue weighted by Gasteiger charge is 2.08. The second-order valence-corrected chi connectivity index (χ2v) is 3.77. The van der Waals surface area contributed by atoms with E-state index < -0.39 is 0 Å². The van der Waals surface area contributed by atoms with Crippen LogP contribution >= 0.6 is 0 Å². The highest BCUT2D eigenvalue weighted by molar-refractivity contribution is 5.75. The average molecular weight is 250 g/mol. The molecule has 96 valence electrons. The van der Waals surface area contributed by atoms with Gasteiger partial charge in [-0.15, -0.1) is 0 Å². The fourth-order valence-electron chi connectivity index (χ4n) is 1.37. The molecule has 0 bridgehead atoms. The van der Waals surface area contributed by atoms with E-state index in [1.54, 1.807) is 7.05 Å². The molecular weight excluding hydrogens is 236 g/mol. The van der Waals surface area contributed by atoms with Gasteiger partial charge in [0.1, 0.15) is 0 Å². The molecule has 0 unspecified atom stereocenters. The van der Waals surface area contributed by atoms with Gasteiger partial charge in [-0.05, 0) is 0 Å². The zero-order chi connectivity index (χ0) is 13.5. The van der Waals surface area contributed by atoms with E-state index in [0.717, 1.165) is 16.8 Å². The molecule has 1 aromatic rings. The number of aryl methyl sites for hydroxylation is 1. The molecule has 0 spiro atoms. The fourth-order valence-corrected chi connectivity index (χ4v) is 1.37. The molecule has 0 aliphatic rings. The second-order valence-electron chi connectivity index (χ2n) is 3.77. The Kier molecular flexibility index (Phi) is 4.87. The summed E-state index contributed by atoms with van der Waals surface area (Å²) in [7, 11) is 1.59. The average Bonchev–Trinajstić information content (AvgIpc) is 2.36. The van der Waals surface area contributed by atoms with Crippen LogP contribution in [0, 0.1) is 11.3 Å². The van der Waals surface area contributed by atoms with Crippen LogP contribution in [0.5, 0.6) is 0 Å². The van der Waals surface area contributed by atoms with Gasteiger partial charge in [0.05, 0.1) is 19.0 Å².